The molecule has 2 rings (SSSR count). The van der Waals surface area contributed by atoms with Crippen LogP contribution in [0, 0.1) is 0 Å². The molecule has 138 valence electrons. The Morgan fingerprint density at radius 2 is 1.69 bits per heavy atom. The highest BCUT2D eigenvalue weighted by molar-refractivity contribution is 5.95. The van der Waals surface area contributed by atoms with Gasteiger partial charge in [0, 0.05) is 23.7 Å². The van der Waals surface area contributed by atoms with Gasteiger partial charge < -0.3 is 10.6 Å². The van der Waals surface area contributed by atoms with E-state index in [1.54, 1.807) is 24.3 Å². The normalized spacial score (nSPS) is 11.6. The first-order chi connectivity index (χ1) is 12.6. The molecule has 0 aliphatic rings. The van der Waals surface area contributed by atoms with Crippen LogP contribution in [-0.2, 0) is 11.2 Å². The Bertz CT molecular complexity index is 696. The molecule has 0 aliphatic heterocycles. The third-order valence-corrected chi connectivity index (χ3v) is 4.27. The number of hydrogen-bond acceptors (Lipinski definition) is 2. The van der Waals surface area contributed by atoms with Crippen molar-refractivity contribution in [3.63, 3.8) is 0 Å². The molecule has 2 aromatic rings. The van der Waals surface area contributed by atoms with Crippen LogP contribution in [0.3, 0.4) is 0 Å². The van der Waals surface area contributed by atoms with Gasteiger partial charge in [0.05, 0.1) is 0 Å². The number of benzene rings is 2. The molecule has 4 nitrogen and oxygen atoms in total. The quantitative estimate of drug-likeness (QED) is 0.695. The van der Waals surface area contributed by atoms with Gasteiger partial charge in [-0.3, -0.25) is 9.59 Å². The first kappa shape index (κ1) is 19.7. The zero-order valence-electron chi connectivity index (χ0n) is 15.6. The molecule has 0 saturated heterocycles. The molecule has 0 radical (unpaired) electrons. The Kier molecular flexibility index (Phi) is 7.87. The Hall–Kier alpha value is -2.62. The van der Waals surface area contributed by atoms with Crippen molar-refractivity contribution in [3.05, 3.63) is 65.7 Å². The molecule has 2 amide bonds. The Labute approximate surface area is 156 Å². The van der Waals surface area contributed by atoms with Gasteiger partial charge in [0.2, 0.25) is 5.91 Å². The molecule has 0 fully saturated rings. The van der Waals surface area contributed by atoms with Gasteiger partial charge in [-0.2, -0.15) is 0 Å². The molecule has 4 heteroatoms. The number of anilines is 1. The van der Waals surface area contributed by atoms with E-state index in [4.69, 9.17) is 0 Å². The number of rotatable bonds is 9. The molecule has 1 atom stereocenters. The van der Waals surface area contributed by atoms with E-state index in [1.807, 2.05) is 25.1 Å². The van der Waals surface area contributed by atoms with Crippen LogP contribution in [-0.4, -0.2) is 17.9 Å². The molecule has 2 aromatic carbocycles. The lowest BCUT2D eigenvalue weighted by atomic mass is 10.1. The minimum atomic E-state index is -0.0885. The molecule has 0 aliphatic carbocycles. The van der Waals surface area contributed by atoms with Crippen molar-refractivity contribution < 1.29 is 9.59 Å². The number of hydrogen-bond donors (Lipinski definition) is 2. The molecule has 0 bridgehead atoms. The van der Waals surface area contributed by atoms with Gasteiger partial charge in [-0.05, 0) is 56.0 Å². The summed E-state index contributed by atoms with van der Waals surface area (Å²) in [7, 11) is 0. The van der Waals surface area contributed by atoms with Gasteiger partial charge in [0.25, 0.3) is 5.91 Å². The highest BCUT2D eigenvalue weighted by Gasteiger charge is 2.10. The average molecular weight is 352 g/mol. The fraction of sp³-hybridized carbons (Fsp3) is 0.364. The largest absolute Gasteiger partial charge is 0.350 e. The lowest BCUT2D eigenvalue weighted by Crippen LogP contribution is -2.32. The van der Waals surface area contributed by atoms with E-state index in [2.05, 4.69) is 29.7 Å². The first-order valence-electron chi connectivity index (χ1n) is 9.33. The molecule has 0 heterocycles. The van der Waals surface area contributed by atoms with Crippen LogP contribution in [0.1, 0.15) is 55.5 Å². The number of aryl methyl sites for hydroxylation is 1. The van der Waals surface area contributed by atoms with Crippen molar-refractivity contribution in [2.45, 2.75) is 52.0 Å². The molecule has 0 saturated carbocycles. The smallest absolute Gasteiger partial charge is 0.251 e. The van der Waals surface area contributed by atoms with Crippen LogP contribution in [0.15, 0.2) is 54.6 Å². The third kappa shape index (κ3) is 6.71. The summed E-state index contributed by atoms with van der Waals surface area (Å²) in [4.78, 5) is 24.1. The summed E-state index contributed by atoms with van der Waals surface area (Å²) >= 11 is 0. The fourth-order valence-corrected chi connectivity index (χ4v) is 2.67. The summed E-state index contributed by atoms with van der Waals surface area (Å²) in [6.07, 6.45) is 4.23. The van der Waals surface area contributed by atoms with E-state index in [1.165, 1.54) is 5.56 Å². The lowest BCUT2D eigenvalue weighted by Gasteiger charge is -2.14. The highest BCUT2D eigenvalue weighted by atomic mass is 16.2. The Balaban J connectivity index is 1.80. The summed E-state index contributed by atoms with van der Waals surface area (Å²) in [5, 5.41) is 5.88. The van der Waals surface area contributed by atoms with Gasteiger partial charge in [-0.1, -0.05) is 43.7 Å². The maximum Gasteiger partial charge on any atom is 0.251 e. The molecule has 0 spiro atoms. The first-order valence-corrected chi connectivity index (χ1v) is 9.33. The second-order valence-corrected chi connectivity index (χ2v) is 6.63. The van der Waals surface area contributed by atoms with Crippen LogP contribution in [0.4, 0.5) is 5.69 Å². The monoisotopic (exact) mass is 352 g/mol. The van der Waals surface area contributed by atoms with E-state index in [9.17, 15) is 9.59 Å². The predicted molar refractivity (Wildman–Crippen MR) is 106 cm³/mol. The molecular formula is C22H28N2O2. The van der Waals surface area contributed by atoms with Gasteiger partial charge >= 0.3 is 0 Å². The predicted octanol–water partition coefficient (Wildman–Crippen LogP) is 4.57. The minimum Gasteiger partial charge on any atom is -0.350 e. The Morgan fingerprint density at radius 3 is 2.35 bits per heavy atom. The third-order valence-electron chi connectivity index (χ3n) is 4.27. The van der Waals surface area contributed by atoms with Gasteiger partial charge in [0.15, 0.2) is 0 Å². The van der Waals surface area contributed by atoms with Gasteiger partial charge in [-0.15, -0.1) is 0 Å². The van der Waals surface area contributed by atoms with Crippen molar-refractivity contribution in [1.82, 2.24) is 5.32 Å². The number of carbonyl (C=O) groups is 2. The van der Waals surface area contributed by atoms with E-state index >= 15 is 0 Å². The summed E-state index contributed by atoms with van der Waals surface area (Å²) in [5.41, 5.74) is 2.60. The van der Waals surface area contributed by atoms with Gasteiger partial charge in [-0.25, -0.2) is 0 Å². The summed E-state index contributed by atoms with van der Waals surface area (Å²) < 4.78 is 0. The van der Waals surface area contributed by atoms with E-state index in [0.29, 0.717) is 12.0 Å². The number of nitrogens with one attached hydrogen (secondary N) is 2. The van der Waals surface area contributed by atoms with E-state index in [0.717, 1.165) is 31.4 Å². The van der Waals surface area contributed by atoms with Crippen LogP contribution in [0.2, 0.25) is 0 Å². The summed E-state index contributed by atoms with van der Waals surface area (Å²) in [5.74, 6) is -0.0759. The second-order valence-electron chi connectivity index (χ2n) is 6.63. The topological polar surface area (TPSA) is 58.2 Å². The van der Waals surface area contributed by atoms with E-state index < -0.39 is 0 Å². The maximum atomic E-state index is 12.3. The summed E-state index contributed by atoms with van der Waals surface area (Å²) in [6, 6.07) is 17.4. The highest BCUT2D eigenvalue weighted by Crippen LogP contribution is 2.11. The number of amides is 2. The summed E-state index contributed by atoms with van der Waals surface area (Å²) in [6.45, 7) is 4.07. The maximum absolute atomic E-state index is 12.3. The molecule has 26 heavy (non-hydrogen) atoms. The van der Waals surface area contributed by atoms with Crippen LogP contribution >= 0.6 is 0 Å². The molecule has 0 aromatic heterocycles. The molecular weight excluding hydrogens is 324 g/mol. The van der Waals surface area contributed by atoms with Crippen molar-refractivity contribution in [3.8, 4) is 0 Å². The van der Waals surface area contributed by atoms with E-state index in [-0.39, 0.29) is 17.9 Å². The average Bonchev–Trinajstić information content (AvgIpc) is 2.66. The Morgan fingerprint density at radius 1 is 1.00 bits per heavy atom. The van der Waals surface area contributed by atoms with Crippen LogP contribution in [0.25, 0.3) is 0 Å². The number of carbonyl (C=O) groups excluding carboxylic acids is 2. The minimum absolute atomic E-state index is 0.0126. The van der Waals surface area contributed by atoms with Gasteiger partial charge in [0.1, 0.15) is 0 Å². The lowest BCUT2D eigenvalue weighted by molar-refractivity contribution is -0.116. The SMILES string of the molecule is CCCCC(=O)Nc1ccc(C(=O)N[C@H](C)CCc2ccccc2)cc1. The van der Waals surface area contributed by atoms with Crippen LogP contribution < -0.4 is 10.6 Å². The molecule has 2 N–H and O–H groups in total. The number of unbranched alkanes of at least 4 members (excludes halogenated alkanes) is 1. The van der Waals surface area contributed by atoms with Crippen molar-refractivity contribution >= 4 is 17.5 Å². The van der Waals surface area contributed by atoms with Crippen molar-refractivity contribution in [1.29, 1.82) is 0 Å². The fourth-order valence-electron chi connectivity index (χ4n) is 2.67. The van der Waals surface area contributed by atoms with Crippen molar-refractivity contribution in [2.24, 2.45) is 0 Å². The second kappa shape index (κ2) is 10.4. The zero-order chi connectivity index (χ0) is 18.8. The molecule has 0 unspecified atom stereocenters. The zero-order valence-corrected chi connectivity index (χ0v) is 15.6. The van der Waals surface area contributed by atoms with Crippen LogP contribution in [0.5, 0.6) is 0 Å². The van der Waals surface area contributed by atoms with Crippen molar-refractivity contribution in [2.75, 3.05) is 5.32 Å². The standard InChI is InChI=1S/C22H28N2O2/c1-3-4-10-21(25)24-20-15-13-19(14-16-20)22(26)23-17(2)11-12-18-8-6-5-7-9-18/h5-9,13-17H,3-4,10-12H2,1-2H3,(H,23,26)(H,24,25)/t17-/m1/s1.